The third-order valence-electron chi connectivity index (χ3n) is 9.50. The fraction of sp³-hybridized carbons (Fsp3) is 0.0732. The summed E-state index contributed by atoms with van der Waals surface area (Å²) in [6.07, 6.45) is 2.19. The number of anilines is 3. The molecule has 0 amide bonds. The molecule has 0 saturated heterocycles. The van der Waals surface area contributed by atoms with Crippen molar-refractivity contribution in [2.75, 3.05) is 4.90 Å². The minimum Gasteiger partial charge on any atom is -0.316 e. The van der Waals surface area contributed by atoms with Gasteiger partial charge >= 0.3 is 0 Å². The van der Waals surface area contributed by atoms with Gasteiger partial charge in [-0.25, -0.2) is 0 Å². The molecule has 0 unspecified atom stereocenters. The summed E-state index contributed by atoms with van der Waals surface area (Å²) >= 11 is 0. The van der Waals surface area contributed by atoms with Crippen LogP contribution in [0.3, 0.4) is 0 Å². The second-order valence-electron chi connectivity index (χ2n) is 12.3. The lowest BCUT2D eigenvalue weighted by Crippen LogP contribution is -2.30. The molecule has 3 heteroatoms. The van der Waals surface area contributed by atoms with Crippen molar-refractivity contribution in [2.24, 2.45) is 0 Å². The minimum atomic E-state index is -0.0901. The highest BCUT2D eigenvalue weighted by Gasteiger charge is 2.36. The van der Waals surface area contributed by atoms with Gasteiger partial charge in [0, 0.05) is 44.8 Å². The lowest BCUT2D eigenvalue weighted by atomic mass is 9.73. The van der Waals surface area contributed by atoms with Gasteiger partial charge in [0.15, 0.2) is 0 Å². The van der Waals surface area contributed by atoms with Crippen molar-refractivity contribution in [2.45, 2.75) is 19.3 Å². The molecule has 1 aliphatic rings. The highest BCUT2D eigenvalue weighted by atomic mass is 15.2. The summed E-state index contributed by atoms with van der Waals surface area (Å²) in [5.74, 6) is 0. The average Bonchev–Trinajstić information content (AvgIpc) is 3.65. The van der Waals surface area contributed by atoms with Gasteiger partial charge in [0.25, 0.3) is 0 Å². The minimum absolute atomic E-state index is 0.0901. The first kappa shape index (κ1) is 25.0. The second-order valence-corrected chi connectivity index (χ2v) is 12.3. The summed E-state index contributed by atoms with van der Waals surface area (Å²) in [5.41, 5.74) is 12.2. The summed E-state index contributed by atoms with van der Waals surface area (Å²) in [6, 6.07) is 52.9. The van der Waals surface area contributed by atoms with E-state index in [1.807, 2.05) is 0 Å². The molecule has 0 spiro atoms. The van der Waals surface area contributed by atoms with Crippen LogP contribution >= 0.6 is 0 Å². The molecule has 1 aliphatic heterocycles. The number of benzene rings is 6. The van der Waals surface area contributed by atoms with Gasteiger partial charge in [0.05, 0.1) is 27.9 Å². The molecular formula is C41H31N3. The van der Waals surface area contributed by atoms with Crippen molar-refractivity contribution in [1.29, 1.82) is 0 Å². The molecule has 8 aromatic rings. The number of hydrogen-bond donors (Lipinski definition) is 0. The number of para-hydroxylation sites is 4. The van der Waals surface area contributed by atoms with Crippen LogP contribution in [0.2, 0.25) is 0 Å². The van der Waals surface area contributed by atoms with Gasteiger partial charge in [-0.1, -0.05) is 98.8 Å². The summed E-state index contributed by atoms with van der Waals surface area (Å²) in [7, 11) is 0. The number of rotatable bonds is 3. The molecular weight excluding hydrogens is 534 g/mol. The zero-order chi connectivity index (χ0) is 29.4. The first-order valence-corrected chi connectivity index (χ1v) is 15.3. The topological polar surface area (TPSA) is 13.1 Å². The van der Waals surface area contributed by atoms with Crippen LogP contribution in [-0.4, -0.2) is 9.13 Å². The van der Waals surface area contributed by atoms with E-state index in [-0.39, 0.29) is 5.41 Å². The summed E-state index contributed by atoms with van der Waals surface area (Å²) < 4.78 is 4.76. The quantitative estimate of drug-likeness (QED) is 0.208. The molecule has 44 heavy (non-hydrogen) atoms. The van der Waals surface area contributed by atoms with E-state index in [0.29, 0.717) is 0 Å². The van der Waals surface area contributed by atoms with Gasteiger partial charge in [0.1, 0.15) is 0 Å². The molecule has 2 aromatic heterocycles. The molecule has 0 aliphatic carbocycles. The van der Waals surface area contributed by atoms with E-state index >= 15 is 0 Å². The van der Waals surface area contributed by atoms with E-state index in [1.165, 1.54) is 60.9 Å². The van der Waals surface area contributed by atoms with Crippen molar-refractivity contribution >= 4 is 49.8 Å². The smallest absolute Gasteiger partial charge is 0.0628 e. The molecule has 210 valence electrons. The Hall–Kier alpha value is -5.54. The van der Waals surface area contributed by atoms with Gasteiger partial charge in [0.2, 0.25) is 0 Å². The maximum atomic E-state index is 2.44. The maximum Gasteiger partial charge on any atom is 0.0628 e. The molecule has 0 N–H and O–H groups in total. The Morgan fingerprint density at radius 3 is 1.91 bits per heavy atom. The number of fused-ring (bicyclic) bond motifs is 7. The zero-order valence-corrected chi connectivity index (χ0v) is 24.8. The summed E-state index contributed by atoms with van der Waals surface area (Å²) in [6.45, 7) is 4.67. The molecule has 3 heterocycles. The Labute approximate surface area is 256 Å². The third kappa shape index (κ3) is 3.44. The molecule has 9 rings (SSSR count). The Kier molecular flexibility index (Phi) is 5.24. The van der Waals surface area contributed by atoms with E-state index in [1.54, 1.807) is 0 Å². The van der Waals surface area contributed by atoms with Crippen molar-refractivity contribution in [3.8, 4) is 11.4 Å². The average molecular weight is 566 g/mol. The summed E-state index contributed by atoms with van der Waals surface area (Å²) in [4.78, 5) is 2.44. The highest BCUT2D eigenvalue weighted by Crippen LogP contribution is 2.52. The van der Waals surface area contributed by atoms with E-state index in [2.05, 4.69) is 180 Å². The third-order valence-corrected chi connectivity index (χ3v) is 9.50. The molecule has 0 fully saturated rings. The van der Waals surface area contributed by atoms with Gasteiger partial charge in [-0.05, 0) is 71.8 Å². The lowest BCUT2D eigenvalue weighted by molar-refractivity contribution is 0.632. The Bertz CT molecular complexity index is 2320. The van der Waals surface area contributed by atoms with E-state index in [4.69, 9.17) is 0 Å². The maximum absolute atomic E-state index is 2.44. The van der Waals surface area contributed by atoms with E-state index in [0.717, 1.165) is 11.4 Å². The van der Waals surface area contributed by atoms with Crippen LogP contribution in [0, 0.1) is 0 Å². The van der Waals surface area contributed by atoms with Crippen LogP contribution in [0.5, 0.6) is 0 Å². The van der Waals surface area contributed by atoms with E-state index in [9.17, 15) is 0 Å². The fourth-order valence-corrected chi connectivity index (χ4v) is 7.48. The highest BCUT2D eigenvalue weighted by molar-refractivity contribution is 6.20. The van der Waals surface area contributed by atoms with Gasteiger partial charge < -0.3 is 14.0 Å². The predicted octanol–water partition coefficient (Wildman–Crippen LogP) is 10.8. The van der Waals surface area contributed by atoms with Crippen molar-refractivity contribution in [3.63, 3.8) is 0 Å². The van der Waals surface area contributed by atoms with Crippen LogP contribution in [-0.2, 0) is 5.41 Å². The summed E-state index contributed by atoms with van der Waals surface area (Å²) in [5, 5.41) is 3.76. The van der Waals surface area contributed by atoms with Crippen LogP contribution in [0.4, 0.5) is 17.1 Å². The van der Waals surface area contributed by atoms with Crippen molar-refractivity contribution in [1.82, 2.24) is 9.13 Å². The SMILES string of the molecule is CC1(C)c2ccccc2N(c2cccc(-n3c4ccccc4c4c5c(ccc43)ccn5-c3ccccc3)c2)c2ccccc21. The fourth-order valence-electron chi connectivity index (χ4n) is 7.48. The zero-order valence-electron chi connectivity index (χ0n) is 24.8. The number of aromatic nitrogens is 2. The lowest BCUT2D eigenvalue weighted by Gasteiger charge is -2.42. The largest absolute Gasteiger partial charge is 0.316 e. The van der Waals surface area contributed by atoms with Gasteiger partial charge in [-0.15, -0.1) is 0 Å². The van der Waals surface area contributed by atoms with E-state index < -0.39 is 0 Å². The molecule has 3 nitrogen and oxygen atoms in total. The number of nitrogens with zero attached hydrogens (tertiary/aromatic N) is 3. The van der Waals surface area contributed by atoms with Crippen LogP contribution < -0.4 is 4.90 Å². The van der Waals surface area contributed by atoms with Gasteiger partial charge in [-0.2, -0.15) is 0 Å². The Balaban J connectivity index is 1.31. The first-order chi connectivity index (χ1) is 21.6. The van der Waals surface area contributed by atoms with Crippen molar-refractivity contribution < 1.29 is 0 Å². The van der Waals surface area contributed by atoms with Crippen LogP contribution in [0.1, 0.15) is 25.0 Å². The predicted molar refractivity (Wildman–Crippen MR) is 184 cm³/mol. The second kappa shape index (κ2) is 9.23. The normalized spacial score (nSPS) is 13.8. The molecule has 6 aromatic carbocycles. The molecule has 0 saturated carbocycles. The molecule has 0 bridgehead atoms. The van der Waals surface area contributed by atoms with Crippen molar-refractivity contribution in [3.05, 3.63) is 163 Å². The molecule has 0 radical (unpaired) electrons. The van der Waals surface area contributed by atoms with Gasteiger partial charge in [-0.3, -0.25) is 0 Å². The van der Waals surface area contributed by atoms with Crippen LogP contribution in [0.25, 0.3) is 44.1 Å². The number of hydrogen-bond acceptors (Lipinski definition) is 1. The Morgan fingerprint density at radius 2 is 1.14 bits per heavy atom. The monoisotopic (exact) mass is 565 g/mol. The standard InChI is InChI=1S/C41H31N3/c1-41(2)33-18-7-10-21-36(33)44(37-22-11-8-19-34(37)41)31-16-12-15-30(27-31)43-35-20-9-6-17-32(35)39-38(43)24-23-28-25-26-42(40(28)39)29-13-4-3-5-14-29/h3-27H,1-2H3. The van der Waals surface area contributed by atoms with Crippen LogP contribution in [0.15, 0.2) is 152 Å². The molecule has 0 atom stereocenters. The Morgan fingerprint density at radius 1 is 0.500 bits per heavy atom. The first-order valence-electron chi connectivity index (χ1n) is 15.3.